The van der Waals surface area contributed by atoms with Crippen LogP contribution in [0.3, 0.4) is 0 Å². The topological polar surface area (TPSA) is 110 Å². The van der Waals surface area contributed by atoms with Gasteiger partial charge in [0.05, 0.1) is 0 Å². The number of carbonyl (C=O) groups excluding carboxylic acids is 2. The smallest absolute Gasteiger partial charge is 0.315 e. The lowest BCUT2D eigenvalue weighted by atomic mass is 10.0. The minimum Gasteiger partial charge on any atom is -0.383 e. The molecule has 0 radical (unpaired) electrons. The Kier molecular flexibility index (Phi) is 6.30. The molecule has 0 bridgehead atoms. The highest BCUT2D eigenvalue weighted by Gasteiger charge is 2.10. The standard InChI is InChI=1S/C21H21N5O2/c22-20-18(4-2-10-24-20)11-19(27)17-7-5-15(6-8-17)13-25-21(28)26-14-16-3-1-9-23-12-16/h1-10,12H,11,13-14H2,(H2,22,24)(H2,25,26,28). The summed E-state index contributed by atoms with van der Waals surface area (Å²) in [6.45, 7) is 0.771. The number of ketones is 1. The molecule has 0 atom stereocenters. The van der Waals surface area contributed by atoms with Gasteiger partial charge < -0.3 is 16.4 Å². The normalized spacial score (nSPS) is 10.3. The third kappa shape index (κ3) is 5.38. The van der Waals surface area contributed by atoms with Gasteiger partial charge >= 0.3 is 6.03 Å². The van der Waals surface area contributed by atoms with Crippen LogP contribution in [0.15, 0.2) is 67.1 Å². The first-order valence-corrected chi connectivity index (χ1v) is 8.84. The lowest BCUT2D eigenvalue weighted by Crippen LogP contribution is -2.34. The number of nitrogens with zero attached hydrogens (tertiary/aromatic N) is 2. The second-order valence-electron chi connectivity index (χ2n) is 6.24. The first-order chi connectivity index (χ1) is 13.6. The summed E-state index contributed by atoms with van der Waals surface area (Å²) in [6, 6.07) is 14.1. The highest BCUT2D eigenvalue weighted by molar-refractivity contribution is 5.98. The van der Waals surface area contributed by atoms with Crippen LogP contribution in [0, 0.1) is 0 Å². The molecule has 0 aliphatic carbocycles. The Labute approximate surface area is 163 Å². The van der Waals surface area contributed by atoms with Crippen LogP contribution in [0.4, 0.5) is 10.6 Å². The zero-order valence-electron chi connectivity index (χ0n) is 15.3. The SMILES string of the molecule is Nc1ncccc1CC(=O)c1ccc(CNC(=O)NCc2cccnc2)cc1. The van der Waals surface area contributed by atoms with Crippen molar-refractivity contribution in [3.05, 3.63) is 89.4 Å². The summed E-state index contributed by atoms with van der Waals surface area (Å²) < 4.78 is 0. The highest BCUT2D eigenvalue weighted by Crippen LogP contribution is 2.13. The van der Waals surface area contributed by atoms with Crippen molar-refractivity contribution in [3.8, 4) is 0 Å². The number of carbonyl (C=O) groups is 2. The van der Waals surface area contributed by atoms with Gasteiger partial charge in [0.1, 0.15) is 5.82 Å². The number of anilines is 1. The Morgan fingerprint density at radius 3 is 2.29 bits per heavy atom. The van der Waals surface area contributed by atoms with Crippen molar-refractivity contribution in [3.63, 3.8) is 0 Å². The molecule has 28 heavy (non-hydrogen) atoms. The first kappa shape index (κ1) is 19.0. The Bertz CT molecular complexity index is 943. The number of nitrogens with two attached hydrogens (primary N) is 1. The number of amides is 2. The molecular formula is C21H21N5O2. The maximum absolute atomic E-state index is 12.4. The average Bonchev–Trinajstić information content (AvgIpc) is 2.73. The molecule has 0 aliphatic heterocycles. The molecular weight excluding hydrogens is 354 g/mol. The minimum atomic E-state index is -0.268. The van der Waals surface area contributed by atoms with Crippen LogP contribution in [-0.2, 0) is 19.5 Å². The third-order valence-electron chi connectivity index (χ3n) is 4.18. The first-order valence-electron chi connectivity index (χ1n) is 8.84. The van der Waals surface area contributed by atoms with Crippen LogP contribution >= 0.6 is 0 Å². The number of nitrogens with one attached hydrogen (secondary N) is 2. The van der Waals surface area contributed by atoms with E-state index in [1.807, 2.05) is 24.3 Å². The number of pyridine rings is 2. The number of benzene rings is 1. The number of Topliss-reactive ketones (excluding diaryl/α,β-unsaturated/α-hetero) is 1. The molecule has 4 N–H and O–H groups in total. The number of hydrogen-bond acceptors (Lipinski definition) is 5. The van der Waals surface area contributed by atoms with Gasteiger partial charge in [-0.2, -0.15) is 0 Å². The van der Waals surface area contributed by atoms with Gasteiger partial charge in [-0.15, -0.1) is 0 Å². The van der Waals surface area contributed by atoms with E-state index in [2.05, 4.69) is 20.6 Å². The van der Waals surface area contributed by atoms with Gasteiger partial charge in [0.25, 0.3) is 0 Å². The lowest BCUT2D eigenvalue weighted by Gasteiger charge is -2.08. The fourth-order valence-electron chi connectivity index (χ4n) is 2.61. The van der Waals surface area contributed by atoms with Crippen LogP contribution in [0.1, 0.15) is 27.0 Å². The summed E-state index contributed by atoms with van der Waals surface area (Å²) in [5.41, 5.74) is 8.91. The summed E-state index contributed by atoms with van der Waals surface area (Å²) in [4.78, 5) is 32.3. The van der Waals surface area contributed by atoms with Gasteiger partial charge in [-0.1, -0.05) is 36.4 Å². The second kappa shape index (κ2) is 9.27. The number of hydrogen-bond donors (Lipinski definition) is 3. The van der Waals surface area contributed by atoms with E-state index in [1.165, 1.54) is 0 Å². The molecule has 0 fully saturated rings. The van der Waals surface area contributed by atoms with E-state index < -0.39 is 0 Å². The molecule has 3 aromatic rings. The van der Waals surface area contributed by atoms with Gasteiger partial charge in [0, 0.05) is 49.2 Å². The van der Waals surface area contributed by atoms with Gasteiger partial charge in [0.2, 0.25) is 0 Å². The molecule has 142 valence electrons. The average molecular weight is 375 g/mol. The van der Waals surface area contributed by atoms with Crippen LogP contribution in [-0.4, -0.2) is 21.8 Å². The van der Waals surface area contributed by atoms with E-state index in [0.29, 0.717) is 30.0 Å². The van der Waals surface area contributed by atoms with E-state index in [-0.39, 0.29) is 18.2 Å². The van der Waals surface area contributed by atoms with Gasteiger partial charge in [-0.25, -0.2) is 9.78 Å². The molecule has 0 saturated carbocycles. The number of aromatic nitrogens is 2. The Morgan fingerprint density at radius 2 is 1.61 bits per heavy atom. The van der Waals surface area contributed by atoms with Crippen molar-refractivity contribution in [2.75, 3.05) is 5.73 Å². The van der Waals surface area contributed by atoms with Crippen molar-refractivity contribution in [1.82, 2.24) is 20.6 Å². The van der Waals surface area contributed by atoms with Crippen molar-refractivity contribution < 1.29 is 9.59 Å². The number of rotatable bonds is 7. The van der Waals surface area contributed by atoms with Crippen molar-refractivity contribution in [2.24, 2.45) is 0 Å². The molecule has 0 unspecified atom stereocenters. The molecule has 2 heterocycles. The van der Waals surface area contributed by atoms with Gasteiger partial charge in [0.15, 0.2) is 5.78 Å². The molecule has 0 spiro atoms. The number of urea groups is 1. The molecule has 7 heteroatoms. The highest BCUT2D eigenvalue weighted by atomic mass is 16.2. The summed E-state index contributed by atoms with van der Waals surface area (Å²) >= 11 is 0. The summed E-state index contributed by atoms with van der Waals surface area (Å²) in [5.74, 6) is 0.336. The van der Waals surface area contributed by atoms with Crippen LogP contribution < -0.4 is 16.4 Å². The Morgan fingerprint density at radius 1 is 0.893 bits per heavy atom. The van der Waals surface area contributed by atoms with Crippen LogP contribution in [0.2, 0.25) is 0 Å². The minimum absolute atomic E-state index is 0.0339. The van der Waals surface area contributed by atoms with E-state index in [1.54, 1.807) is 42.9 Å². The van der Waals surface area contributed by atoms with Crippen molar-refractivity contribution in [2.45, 2.75) is 19.5 Å². The van der Waals surface area contributed by atoms with E-state index in [0.717, 1.165) is 11.1 Å². The zero-order valence-corrected chi connectivity index (χ0v) is 15.3. The quantitative estimate of drug-likeness (QED) is 0.550. The predicted octanol–water partition coefficient (Wildman–Crippen LogP) is 2.48. The molecule has 2 aromatic heterocycles. The lowest BCUT2D eigenvalue weighted by molar-refractivity contribution is 0.0993. The summed E-state index contributed by atoms with van der Waals surface area (Å²) in [7, 11) is 0. The molecule has 2 amide bonds. The maximum Gasteiger partial charge on any atom is 0.315 e. The summed E-state index contributed by atoms with van der Waals surface area (Å²) in [5, 5.41) is 5.55. The largest absolute Gasteiger partial charge is 0.383 e. The van der Waals surface area contributed by atoms with Gasteiger partial charge in [-0.05, 0) is 23.3 Å². The van der Waals surface area contributed by atoms with E-state index in [9.17, 15) is 9.59 Å². The molecule has 7 nitrogen and oxygen atoms in total. The fraction of sp³-hybridized carbons (Fsp3) is 0.143. The predicted molar refractivity (Wildman–Crippen MR) is 106 cm³/mol. The number of nitrogen functional groups attached to an aromatic ring is 1. The molecule has 1 aromatic carbocycles. The van der Waals surface area contributed by atoms with Crippen molar-refractivity contribution in [1.29, 1.82) is 0 Å². The van der Waals surface area contributed by atoms with Crippen molar-refractivity contribution >= 4 is 17.6 Å². The molecule has 0 saturated heterocycles. The Balaban J connectivity index is 1.48. The van der Waals surface area contributed by atoms with E-state index in [4.69, 9.17) is 5.73 Å². The zero-order chi connectivity index (χ0) is 19.8. The van der Waals surface area contributed by atoms with Crippen LogP contribution in [0.25, 0.3) is 0 Å². The molecule has 3 rings (SSSR count). The van der Waals surface area contributed by atoms with E-state index >= 15 is 0 Å². The summed E-state index contributed by atoms with van der Waals surface area (Å²) in [6.07, 6.45) is 5.19. The third-order valence-corrected chi connectivity index (χ3v) is 4.18. The molecule has 0 aliphatic rings. The van der Waals surface area contributed by atoms with Crippen LogP contribution in [0.5, 0.6) is 0 Å². The fourth-order valence-corrected chi connectivity index (χ4v) is 2.61. The monoisotopic (exact) mass is 375 g/mol. The Hall–Kier alpha value is -3.74. The second-order valence-corrected chi connectivity index (χ2v) is 6.24. The van der Waals surface area contributed by atoms with Gasteiger partial charge in [-0.3, -0.25) is 9.78 Å². The maximum atomic E-state index is 12.4.